The topological polar surface area (TPSA) is 48.4 Å². The molecular weight excluding hydrogens is 313 g/mol. The molecule has 0 aromatic carbocycles. The van der Waals surface area contributed by atoms with Crippen LogP contribution in [0.25, 0.3) is 0 Å². The third-order valence-corrected chi connectivity index (χ3v) is 2.41. The van der Waals surface area contributed by atoms with Crippen molar-refractivity contribution in [2.75, 3.05) is 7.11 Å². The molecule has 1 aromatic heterocycles. The maximum absolute atomic E-state index is 12.8. The van der Waals surface area contributed by atoms with Crippen LogP contribution < -0.4 is 4.74 Å². The summed E-state index contributed by atoms with van der Waals surface area (Å²) in [6.45, 7) is 0. The highest BCUT2D eigenvalue weighted by Gasteiger charge is 2.35. The van der Waals surface area contributed by atoms with Crippen molar-refractivity contribution in [2.45, 2.75) is 18.7 Å². The number of carbonyl (C=O) groups excluding carboxylic acids is 1. The van der Waals surface area contributed by atoms with Crippen molar-refractivity contribution in [2.24, 2.45) is 0 Å². The third-order valence-electron chi connectivity index (χ3n) is 2.14. The zero-order valence-corrected chi connectivity index (χ0v) is 10.6. The zero-order valence-electron chi connectivity index (χ0n) is 9.80. The first-order valence-corrected chi connectivity index (χ1v) is 5.44. The summed E-state index contributed by atoms with van der Waals surface area (Å²) < 4.78 is 69.8. The number of nitrogens with zero attached hydrogens (tertiary/aromatic N) is 1. The summed E-state index contributed by atoms with van der Waals surface area (Å²) in [6, 6.07) is 0. The van der Waals surface area contributed by atoms with Crippen LogP contribution in [0.15, 0.2) is 6.20 Å². The molecule has 4 nitrogen and oxygen atoms in total. The first-order chi connectivity index (χ1) is 9.21. The lowest BCUT2D eigenvalue weighted by Gasteiger charge is -2.15. The molecule has 20 heavy (non-hydrogen) atoms. The van der Waals surface area contributed by atoms with Gasteiger partial charge in [-0.2, -0.15) is 0 Å². The summed E-state index contributed by atoms with van der Waals surface area (Å²) in [4.78, 5) is 14.6. The SMILES string of the molecule is COC(=O)c1c(C(F)F)cnc(OC(F)(F)F)c1CCl. The Kier molecular flexibility index (Phi) is 5.09. The second-order valence-corrected chi connectivity index (χ2v) is 3.61. The summed E-state index contributed by atoms with van der Waals surface area (Å²) in [5, 5.41) is 0. The second-order valence-electron chi connectivity index (χ2n) is 3.35. The van der Waals surface area contributed by atoms with Gasteiger partial charge in [0, 0.05) is 11.8 Å². The van der Waals surface area contributed by atoms with Crippen LogP contribution in [0.1, 0.15) is 27.9 Å². The van der Waals surface area contributed by atoms with E-state index in [1.165, 1.54) is 0 Å². The normalized spacial score (nSPS) is 11.6. The van der Waals surface area contributed by atoms with Crippen molar-refractivity contribution in [3.05, 3.63) is 22.9 Å². The number of rotatable bonds is 4. The minimum Gasteiger partial charge on any atom is -0.465 e. The Morgan fingerprint density at radius 1 is 1.45 bits per heavy atom. The number of carbonyl (C=O) groups is 1. The lowest BCUT2D eigenvalue weighted by atomic mass is 10.1. The van der Waals surface area contributed by atoms with E-state index >= 15 is 0 Å². The average Bonchev–Trinajstić information content (AvgIpc) is 2.34. The van der Waals surface area contributed by atoms with E-state index in [0.717, 1.165) is 7.11 Å². The van der Waals surface area contributed by atoms with E-state index in [1.807, 2.05) is 0 Å². The first kappa shape index (κ1) is 16.4. The van der Waals surface area contributed by atoms with Crippen molar-refractivity contribution in [1.82, 2.24) is 4.98 Å². The van der Waals surface area contributed by atoms with E-state index in [-0.39, 0.29) is 0 Å². The molecule has 0 aliphatic heterocycles. The van der Waals surface area contributed by atoms with Crippen LogP contribution in [-0.4, -0.2) is 24.4 Å². The number of aromatic nitrogens is 1. The first-order valence-electron chi connectivity index (χ1n) is 4.91. The number of esters is 1. The fourth-order valence-electron chi connectivity index (χ4n) is 1.38. The smallest absolute Gasteiger partial charge is 0.465 e. The molecule has 0 spiro atoms. The fourth-order valence-corrected chi connectivity index (χ4v) is 1.63. The predicted molar refractivity (Wildman–Crippen MR) is 56.8 cm³/mol. The van der Waals surface area contributed by atoms with Gasteiger partial charge in [0.05, 0.1) is 24.1 Å². The van der Waals surface area contributed by atoms with Crippen LogP contribution in [0.5, 0.6) is 5.88 Å². The molecule has 1 heterocycles. The molecule has 0 aliphatic carbocycles. The Labute approximate surface area is 114 Å². The Bertz CT molecular complexity index is 506. The average molecular weight is 320 g/mol. The van der Waals surface area contributed by atoms with Gasteiger partial charge in [0.25, 0.3) is 6.43 Å². The number of alkyl halides is 6. The molecule has 0 atom stereocenters. The molecule has 0 saturated carbocycles. The number of halogens is 6. The highest BCUT2D eigenvalue weighted by atomic mass is 35.5. The molecule has 0 unspecified atom stereocenters. The quantitative estimate of drug-likeness (QED) is 0.484. The molecule has 0 radical (unpaired) electrons. The van der Waals surface area contributed by atoms with Gasteiger partial charge in [0.15, 0.2) is 0 Å². The monoisotopic (exact) mass is 319 g/mol. The van der Waals surface area contributed by atoms with Gasteiger partial charge >= 0.3 is 12.3 Å². The largest absolute Gasteiger partial charge is 0.574 e. The number of pyridine rings is 1. The van der Waals surface area contributed by atoms with Crippen LogP contribution in [-0.2, 0) is 10.6 Å². The maximum atomic E-state index is 12.8. The number of methoxy groups -OCH3 is 1. The highest BCUT2D eigenvalue weighted by molar-refractivity contribution is 6.18. The van der Waals surface area contributed by atoms with E-state index in [1.54, 1.807) is 0 Å². The van der Waals surface area contributed by atoms with E-state index in [2.05, 4.69) is 14.5 Å². The Morgan fingerprint density at radius 2 is 2.05 bits per heavy atom. The fraction of sp³-hybridized carbons (Fsp3) is 0.400. The molecule has 0 fully saturated rings. The van der Waals surface area contributed by atoms with Gasteiger partial charge in [-0.05, 0) is 0 Å². The lowest BCUT2D eigenvalue weighted by molar-refractivity contribution is -0.276. The van der Waals surface area contributed by atoms with Gasteiger partial charge in [-0.3, -0.25) is 0 Å². The van der Waals surface area contributed by atoms with Crippen LogP contribution >= 0.6 is 11.6 Å². The van der Waals surface area contributed by atoms with Crippen molar-refractivity contribution >= 4 is 17.6 Å². The molecule has 0 N–H and O–H groups in total. The lowest BCUT2D eigenvalue weighted by Crippen LogP contribution is -2.21. The van der Waals surface area contributed by atoms with Crippen molar-refractivity contribution in [3.63, 3.8) is 0 Å². The third kappa shape index (κ3) is 3.69. The van der Waals surface area contributed by atoms with Crippen molar-refractivity contribution in [3.8, 4) is 5.88 Å². The summed E-state index contributed by atoms with van der Waals surface area (Å²) in [5.41, 5.74) is -2.29. The molecule has 0 amide bonds. The minimum absolute atomic E-state index is 0.411. The summed E-state index contributed by atoms with van der Waals surface area (Å²) >= 11 is 5.40. The molecule has 0 bridgehead atoms. The Hall–Kier alpha value is -1.64. The maximum Gasteiger partial charge on any atom is 0.574 e. The van der Waals surface area contributed by atoms with Gasteiger partial charge in [-0.25, -0.2) is 18.6 Å². The Balaban J connectivity index is 3.48. The summed E-state index contributed by atoms with van der Waals surface area (Å²) in [7, 11) is 0.889. The molecule has 112 valence electrons. The van der Waals surface area contributed by atoms with E-state index < -0.39 is 47.2 Å². The standard InChI is InChI=1S/C10H7ClF5NO3/c1-19-9(18)6-4(2-11)8(20-10(14,15)16)17-3-5(6)7(12)13/h3,7H,2H2,1H3. The molecular formula is C10H7ClF5NO3. The van der Waals surface area contributed by atoms with Crippen molar-refractivity contribution < 1.29 is 36.2 Å². The zero-order chi connectivity index (χ0) is 15.5. The Morgan fingerprint density at radius 3 is 2.45 bits per heavy atom. The van der Waals surface area contributed by atoms with Crippen LogP contribution in [0.4, 0.5) is 22.0 Å². The summed E-state index contributed by atoms with van der Waals surface area (Å²) in [6.07, 6.45) is -7.83. The van der Waals surface area contributed by atoms with Crippen LogP contribution in [0, 0.1) is 0 Å². The van der Waals surface area contributed by atoms with Gasteiger partial charge in [-0.1, -0.05) is 0 Å². The van der Waals surface area contributed by atoms with E-state index in [9.17, 15) is 26.7 Å². The van der Waals surface area contributed by atoms with Gasteiger partial charge in [0.2, 0.25) is 5.88 Å². The van der Waals surface area contributed by atoms with Crippen LogP contribution in [0.2, 0.25) is 0 Å². The predicted octanol–water partition coefficient (Wildman–Crippen LogP) is 3.44. The van der Waals surface area contributed by atoms with Gasteiger partial charge in [0.1, 0.15) is 0 Å². The van der Waals surface area contributed by atoms with Gasteiger partial charge < -0.3 is 9.47 Å². The minimum atomic E-state index is -5.10. The molecule has 0 aliphatic rings. The van der Waals surface area contributed by atoms with E-state index in [4.69, 9.17) is 11.6 Å². The van der Waals surface area contributed by atoms with Crippen LogP contribution in [0.3, 0.4) is 0 Å². The van der Waals surface area contributed by atoms with Gasteiger partial charge in [-0.15, -0.1) is 24.8 Å². The second kappa shape index (κ2) is 6.21. The van der Waals surface area contributed by atoms with Crippen molar-refractivity contribution in [1.29, 1.82) is 0 Å². The molecule has 1 rings (SSSR count). The molecule has 10 heteroatoms. The number of ether oxygens (including phenoxy) is 2. The molecule has 0 saturated heterocycles. The summed E-state index contributed by atoms with van der Waals surface area (Å²) in [5.74, 6) is -3.02. The number of hydrogen-bond acceptors (Lipinski definition) is 4. The van der Waals surface area contributed by atoms with E-state index in [0.29, 0.717) is 6.20 Å². The molecule has 1 aromatic rings. The number of hydrogen-bond donors (Lipinski definition) is 0. The highest BCUT2D eigenvalue weighted by Crippen LogP contribution is 2.33.